The average molecular weight is 315 g/mol. The van der Waals surface area contributed by atoms with Crippen LogP contribution in [0.5, 0.6) is 0 Å². The van der Waals surface area contributed by atoms with E-state index in [2.05, 4.69) is 37.0 Å². The molecule has 1 unspecified atom stereocenters. The summed E-state index contributed by atoms with van der Waals surface area (Å²) in [4.78, 5) is 16.2. The molecule has 0 aliphatic heterocycles. The highest BCUT2D eigenvalue weighted by atomic mass is 16.6. The van der Waals surface area contributed by atoms with Crippen LogP contribution >= 0.6 is 0 Å². The van der Waals surface area contributed by atoms with E-state index in [0.717, 1.165) is 19.3 Å². The van der Waals surface area contributed by atoms with E-state index < -0.39 is 5.60 Å². The lowest BCUT2D eigenvalue weighted by molar-refractivity contribution is -0.145. The zero-order valence-corrected chi connectivity index (χ0v) is 15.0. The van der Waals surface area contributed by atoms with E-state index in [0.29, 0.717) is 0 Å². The topological polar surface area (TPSA) is 38.7 Å². The third-order valence-corrected chi connectivity index (χ3v) is 3.30. The van der Waals surface area contributed by atoms with Crippen molar-refractivity contribution in [1.82, 2.24) is 0 Å². The van der Waals surface area contributed by atoms with Crippen molar-refractivity contribution in [3.63, 3.8) is 0 Å². The molecule has 1 rings (SSSR count). The Labute approximate surface area is 140 Å². The molecule has 0 N–H and O–H groups in total. The van der Waals surface area contributed by atoms with Gasteiger partial charge >= 0.3 is 5.97 Å². The minimum absolute atomic E-state index is 0.00248. The Morgan fingerprint density at radius 2 is 1.91 bits per heavy atom. The largest absolute Gasteiger partial charge is 0.456 e. The number of rotatable bonds is 7. The third kappa shape index (κ3) is 8.34. The van der Waals surface area contributed by atoms with Crippen LogP contribution < -0.4 is 0 Å². The van der Waals surface area contributed by atoms with Gasteiger partial charge in [-0.1, -0.05) is 56.2 Å². The molecule has 0 bridgehead atoms. The molecule has 0 aliphatic carbocycles. The van der Waals surface area contributed by atoms with Crippen LogP contribution in [0.3, 0.4) is 0 Å². The van der Waals surface area contributed by atoms with Crippen LogP contribution in [0.15, 0.2) is 41.4 Å². The second-order valence-electron chi connectivity index (χ2n) is 6.74. The lowest BCUT2D eigenvalue weighted by atomic mass is 10.0. The Morgan fingerprint density at radius 1 is 1.26 bits per heavy atom. The van der Waals surface area contributed by atoms with Crippen molar-refractivity contribution in [2.24, 2.45) is 4.99 Å². The van der Waals surface area contributed by atoms with Crippen LogP contribution in [0.2, 0.25) is 0 Å². The van der Waals surface area contributed by atoms with E-state index >= 15 is 0 Å². The van der Waals surface area contributed by atoms with Crippen molar-refractivity contribution in [2.45, 2.75) is 65.5 Å². The summed E-state index contributed by atoms with van der Waals surface area (Å²) < 4.78 is 5.27. The standard InChI is InChI=1S/C20H29NO2/c1-6-7-13-18(21-15-19(22)23-20(3,4)5)14-16(2)17-11-9-8-10-12-17/h8-12,14-15,18H,6-7,13H2,1-5H3/b16-14+,21-15?. The molecule has 0 amide bonds. The van der Waals surface area contributed by atoms with Crippen molar-refractivity contribution in [1.29, 1.82) is 0 Å². The van der Waals surface area contributed by atoms with Crippen LogP contribution in [-0.4, -0.2) is 23.8 Å². The van der Waals surface area contributed by atoms with Gasteiger partial charge in [0.1, 0.15) is 11.8 Å². The second-order valence-corrected chi connectivity index (χ2v) is 6.74. The quantitative estimate of drug-likeness (QED) is 0.521. The monoisotopic (exact) mass is 315 g/mol. The molecule has 0 saturated carbocycles. The number of aliphatic imine (C=N–C) groups is 1. The molecule has 0 spiro atoms. The first-order valence-corrected chi connectivity index (χ1v) is 8.32. The van der Waals surface area contributed by atoms with Crippen LogP contribution in [-0.2, 0) is 9.53 Å². The number of hydrogen-bond acceptors (Lipinski definition) is 3. The summed E-state index contributed by atoms with van der Waals surface area (Å²) in [6, 6.07) is 10.2. The number of ether oxygens (including phenoxy) is 1. The van der Waals surface area contributed by atoms with Crippen molar-refractivity contribution >= 4 is 17.8 Å². The highest BCUT2D eigenvalue weighted by Gasteiger charge is 2.15. The third-order valence-electron chi connectivity index (χ3n) is 3.30. The van der Waals surface area contributed by atoms with Gasteiger partial charge in [-0.3, -0.25) is 4.99 Å². The fourth-order valence-electron chi connectivity index (χ4n) is 2.18. The van der Waals surface area contributed by atoms with Gasteiger partial charge in [-0.2, -0.15) is 0 Å². The zero-order valence-electron chi connectivity index (χ0n) is 15.0. The summed E-state index contributed by atoms with van der Waals surface area (Å²) in [5.41, 5.74) is 1.87. The van der Waals surface area contributed by atoms with E-state index in [9.17, 15) is 4.79 Å². The molecule has 0 aliphatic rings. The Morgan fingerprint density at radius 3 is 2.48 bits per heavy atom. The average Bonchev–Trinajstić information content (AvgIpc) is 2.49. The number of hydrogen-bond donors (Lipinski definition) is 0. The number of nitrogens with zero attached hydrogens (tertiary/aromatic N) is 1. The van der Waals surface area contributed by atoms with Crippen molar-refractivity contribution in [3.05, 3.63) is 42.0 Å². The maximum Gasteiger partial charge on any atom is 0.349 e. The predicted molar refractivity (Wildman–Crippen MR) is 97.7 cm³/mol. The summed E-state index contributed by atoms with van der Waals surface area (Å²) in [5.74, 6) is -0.384. The lowest BCUT2D eigenvalue weighted by Gasteiger charge is -2.18. The van der Waals surface area contributed by atoms with Gasteiger partial charge in [0.15, 0.2) is 0 Å². The Kier molecular flexibility index (Phi) is 7.73. The molecular weight excluding hydrogens is 286 g/mol. The van der Waals surface area contributed by atoms with Crippen molar-refractivity contribution in [2.75, 3.05) is 0 Å². The predicted octanol–water partition coefficient (Wildman–Crippen LogP) is 5.06. The molecule has 0 saturated heterocycles. The van der Waals surface area contributed by atoms with E-state index in [4.69, 9.17) is 4.74 Å². The Hall–Kier alpha value is -1.90. The van der Waals surface area contributed by atoms with E-state index in [1.807, 2.05) is 39.0 Å². The maximum absolute atomic E-state index is 11.8. The number of allylic oxidation sites excluding steroid dienone is 1. The van der Waals surface area contributed by atoms with Crippen LogP contribution in [0.25, 0.3) is 5.57 Å². The molecule has 1 aromatic rings. The van der Waals surface area contributed by atoms with Gasteiger partial charge in [0.05, 0.1) is 6.04 Å². The minimum atomic E-state index is -0.488. The number of esters is 1. The molecule has 0 radical (unpaired) electrons. The number of unbranched alkanes of at least 4 members (excludes halogenated alkanes) is 1. The SMILES string of the molecule is CCCCC(/C=C(\C)c1ccccc1)N=CC(=O)OC(C)(C)C. The Bertz CT molecular complexity index is 539. The maximum atomic E-state index is 11.8. The molecular formula is C20H29NO2. The molecule has 1 aromatic carbocycles. The molecule has 3 heteroatoms. The van der Waals surface area contributed by atoms with Crippen LogP contribution in [0.1, 0.15) is 59.4 Å². The van der Waals surface area contributed by atoms with Crippen LogP contribution in [0, 0.1) is 0 Å². The highest BCUT2D eigenvalue weighted by molar-refractivity contribution is 6.23. The lowest BCUT2D eigenvalue weighted by Crippen LogP contribution is -2.24. The summed E-state index contributed by atoms with van der Waals surface area (Å²) in [6.45, 7) is 9.80. The van der Waals surface area contributed by atoms with Gasteiger partial charge < -0.3 is 4.74 Å². The number of carbonyl (C=O) groups is 1. The van der Waals surface area contributed by atoms with Gasteiger partial charge in [-0.25, -0.2) is 4.79 Å². The first-order chi connectivity index (χ1) is 10.8. The molecule has 126 valence electrons. The van der Waals surface area contributed by atoms with E-state index in [-0.39, 0.29) is 12.0 Å². The molecule has 3 nitrogen and oxygen atoms in total. The van der Waals surface area contributed by atoms with Crippen molar-refractivity contribution in [3.8, 4) is 0 Å². The molecule has 0 heterocycles. The van der Waals surface area contributed by atoms with Gasteiger partial charge in [0.2, 0.25) is 0 Å². The zero-order chi connectivity index (χ0) is 17.3. The van der Waals surface area contributed by atoms with E-state index in [1.54, 1.807) is 0 Å². The Balaban J connectivity index is 2.82. The van der Waals surface area contributed by atoms with Gasteiger partial charge in [0.25, 0.3) is 0 Å². The summed E-state index contributed by atoms with van der Waals surface area (Å²) in [5, 5.41) is 0. The first kappa shape index (κ1) is 19.1. The fraction of sp³-hybridized carbons (Fsp3) is 0.500. The summed E-state index contributed by atoms with van der Waals surface area (Å²) in [6.07, 6.45) is 6.57. The van der Waals surface area contributed by atoms with Gasteiger partial charge in [-0.05, 0) is 45.3 Å². The minimum Gasteiger partial charge on any atom is -0.456 e. The smallest absolute Gasteiger partial charge is 0.349 e. The molecule has 0 aromatic heterocycles. The first-order valence-electron chi connectivity index (χ1n) is 8.32. The molecule has 23 heavy (non-hydrogen) atoms. The number of carbonyl (C=O) groups excluding carboxylic acids is 1. The fourth-order valence-corrected chi connectivity index (χ4v) is 2.18. The van der Waals surface area contributed by atoms with Gasteiger partial charge in [-0.15, -0.1) is 0 Å². The highest BCUT2D eigenvalue weighted by Crippen LogP contribution is 2.17. The molecule has 0 fully saturated rings. The van der Waals surface area contributed by atoms with E-state index in [1.165, 1.54) is 17.4 Å². The normalized spacial score (nSPS) is 14.0. The second kappa shape index (κ2) is 9.29. The summed E-state index contributed by atoms with van der Waals surface area (Å²) >= 11 is 0. The molecule has 1 atom stereocenters. The summed E-state index contributed by atoms with van der Waals surface area (Å²) in [7, 11) is 0. The van der Waals surface area contributed by atoms with Gasteiger partial charge in [0, 0.05) is 0 Å². The van der Waals surface area contributed by atoms with Crippen molar-refractivity contribution < 1.29 is 9.53 Å². The van der Waals surface area contributed by atoms with Crippen LogP contribution in [0.4, 0.5) is 0 Å². The number of benzene rings is 1.